The van der Waals surface area contributed by atoms with Crippen LogP contribution in [0.25, 0.3) is 0 Å². The van der Waals surface area contributed by atoms with Crippen molar-refractivity contribution in [2.45, 2.75) is 64.0 Å². The van der Waals surface area contributed by atoms with Crippen LogP contribution >= 0.6 is 0 Å². The Balaban J connectivity index is 1.79. The van der Waals surface area contributed by atoms with Gasteiger partial charge in [0.15, 0.2) is 11.5 Å². The monoisotopic (exact) mass is 317 g/mol. The molecule has 0 bridgehead atoms. The number of amides is 1. The van der Waals surface area contributed by atoms with Crippen LogP contribution in [0.1, 0.15) is 57.4 Å². The minimum absolute atomic E-state index is 0.249. The lowest BCUT2D eigenvalue weighted by molar-refractivity contribution is -0.129. The second kappa shape index (κ2) is 6.81. The predicted molar refractivity (Wildman–Crippen MR) is 90.1 cm³/mol. The van der Waals surface area contributed by atoms with Gasteiger partial charge in [-0.3, -0.25) is 4.79 Å². The SMILES string of the molecule is COc1ccc(C2CC(=O)N(C(C)C)C2)cc1OC1CCCC1. The van der Waals surface area contributed by atoms with Gasteiger partial charge in [-0.05, 0) is 57.2 Å². The number of nitrogens with zero attached hydrogens (tertiary/aromatic N) is 1. The van der Waals surface area contributed by atoms with Gasteiger partial charge >= 0.3 is 0 Å². The number of carbonyl (C=O) groups excluding carboxylic acids is 1. The summed E-state index contributed by atoms with van der Waals surface area (Å²) < 4.78 is 11.6. The molecule has 1 amide bonds. The molecule has 1 aliphatic heterocycles. The van der Waals surface area contributed by atoms with Crippen LogP contribution in [0.5, 0.6) is 11.5 Å². The fraction of sp³-hybridized carbons (Fsp3) is 0.632. The Hall–Kier alpha value is -1.71. The molecule has 1 unspecified atom stereocenters. The molecule has 1 aromatic carbocycles. The van der Waals surface area contributed by atoms with Crippen molar-refractivity contribution in [1.82, 2.24) is 4.90 Å². The van der Waals surface area contributed by atoms with Crippen LogP contribution in [0.4, 0.5) is 0 Å². The van der Waals surface area contributed by atoms with Crippen LogP contribution in [0, 0.1) is 0 Å². The van der Waals surface area contributed by atoms with Crippen molar-refractivity contribution < 1.29 is 14.3 Å². The molecular formula is C19H27NO3. The molecule has 4 heteroatoms. The van der Waals surface area contributed by atoms with Crippen molar-refractivity contribution in [3.63, 3.8) is 0 Å². The first-order chi connectivity index (χ1) is 11.1. The van der Waals surface area contributed by atoms with E-state index in [4.69, 9.17) is 9.47 Å². The summed E-state index contributed by atoms with van der Waals surface area (Å²) in [6, 6.07) is 6.39. The normalized spacial score (nSPS) is 22.2. The lowest BCUT2D eigenvalue weighted by Gasteiger charge is -2.21. The van der Waals surface area contributed by atoms with E-state index in [0.29, 0.717) is 12.5 Å². The molecule has 1 heterocycles. The number of ether oxygens (including phenoxy) is 2. The average Bonchev–Trinajstić information content (AvgIpc) is 3.16. The maximum Gasteiger partial charge on any atom is 0.223 e. The van der Waals surface area contributed by atoms with E-state index in [0.717, 1.165) is 30.9 Å². The second-order valence-corrected chi connectivity index (χ2v) is 6.98. The largest absolute Gasteiger partial charge is 0.493 e. The summed E-state index contributed by atoms with van der Waals surface area (Å²) in [6.45, 7) is 4.94. The van der Waals surface area contributed by atoms with E-state index >= 15 is 0 Å². The Morgan fingerprint density at radius 3 is 2.52 bits per heavy atom. The average molecular weight is 317 g/mol. The van der Waals surface area contributed by atoms with Gasteiger partial charge in [0.25, 0.3) is 0 Å². The van der Waals surface area contributed by atoms with Gasteiger partial charge in [0, 0.05) is 24.9 Å². The molecule has 1 saturated heterocycles. The van der Waals surface area contributed by atoms with Crippen molar-refractivity contribution in [3.8, 4) is 11.5 Å². The number of likely N-dealkylation sites (tertiary alicyclic amines) is 1. The molecule has 0 aromatic heterocycles. The summed E-state index contributed by atoms with van der Waals surface area (Å²) >= 11 is 0. The van der Waals surface area contributed by atoms with Crippen LogP contribution in [-0.2, 0) is 4.79 Å². The van der Waals surface area contributed by atoms with Crippen molar-refractivity contribution in [3.05, 3.63) is 23.8 Å². The van der Waals surface area contributed by atoms with Gasteiger partial charge in [0.05, 0.1) is 13.2 Å². The lowest BCUT2D eigenvalue weighted by atomic mass is 9.98. The van der Waals surface area contributed by atoms with Gasteiger partial charge in [0.1, 0.15) is 0 Å². The fourth-order valence-electron chi connectivity index (χ4n) is 3.68. The van der Waals surface area contributed by atoms with E-state index in [-0.39, 0.29) is 17.9 Å². The topological polar surface area (TPSA) is 38.8 Å². The van der Waals surface area contributed by atoms with E-state index in [1.54, 1.807) is 7.11 Å². The molecule has 1 saturated carbocycles. The first-order valence-corrected chi connectivity index (χ1v) is 8.72. The zero-order valence-corrected chi connectivity index (χ0v) is 14.4. The highest BCUT2D eigenvalue weighted by Crippen LogP contribution is 2.37. The molecular weight excluding hydrogens is 290 g/mol. The highest BCUT2D eigenvalue weighted by atomic mass is 16.5. The van der Waals surface area contributed by atoms with Crippen LogP contribution in [0.15, 0.2) is 18.2 Å². The Bertz CT molecular complexity index is 564. The van der Waals surface area contributed by atoms with Crippen molar-refractivity contribution >= 4 is 5.91 Å². The quantitative estimate of drug-likeness (QED) is 0.830. The minimum atomic E-state index is 0.249. The summed E-state index contributed by atoms with van der Waals surface area (Å²) in [5.74, 6) is 2.11. The standard InChI is InChI=1S/C19H27NO3/c1-13(2)20-12-15(11-19(20)21)14-8-9-17(22-3)18(10-14)23-16-6-4-5-7-16/h8-10,13,15-16H,4-7,11-12H2,1-3H3. The molecule has 1 aromatic rings. The number of hydrogen-bond donors (Lipinski definition) is 0. The van der Waals surface area contributed by atoms with Crippen LogP contribution in [0.2, 0.25) is 0 Å². The predicted octanol–water partition coefficient (Wildman–Crippen LogP) is 3.74. The van der Waals surface area contributed by atoms with Crippen molar-refractivity contribution in [1.29, 1.82) is 0 Å². The van der Waals surface area contributed by atoms with E-state index in [2.05, 4.69) is 26.0 Å². The number of benzene rings is 1. The van der Waals surface area contributed by atoms with Crippen molar-refractivity contribution in [2.24, 2.45) is 0 Å². The molecule has 4 nitrogen and oxygen atoms in total. The maximum atomic E-state index is 12.2. The van der Waals surface area contributed by atoms with Crippen LogP contribution < -0.4 is 9.47 Å². The number of carbonyl (C=O) groups is 1. The molecule has 1 aliphatic carbocycles. The summed E-state index contributed by atoms with van der Waals surface area (Å²) in [6.07, 6.45) is 5.62. The molecule has 0 spiro atoms. The molecule has 1 atom stereocenters. The first kappa shape index (κ1) is 16.2. The molecule has 0 N–H and O–H groups in total. The Kier molecular flexibility index (Phi) is 4.79. The second-order valence-electron chi connectivity index (χ2n) is 6.98. The highest BCUT2D eigenvalue weighted by molar-refractivity contribution is 5.80. The van der Waals surface area contributed by atoms with Gasteiger partial charge in [0.2, 0.25) is 5.91 Å². The van der Waals surface area contributed by atoms with Crippen LogP contribution in [-0.4, -0.2) is 36.6 Å². The van der Waals surface area contributed by atoms with Crippen molar-refractivity contribution in [2.75, 3.05) is 13.7 Å². The smallest absolute Gasteiger partial charge is 0.223 e. The third-order valence-electron chi connectivity index (χ3n) is 5.04. The van der Waals surface area contributed by atoms with Gasteiger partial charge in [-0.2, -0.15) is 0 Å². The molecule has 2 fully saturated rings. The summed E-state index contributed by atoms with van der Waals surface area (Å²) in [4.78, 5) is 14.1. The summed E-state index contributed by atoms with van der Waals surface area (Å²) in [5.41, 5.74) is 1.18. The van der Waals surface area contributed by atoms with E-state index in [1.807, 2.05) is 11.0 Å². The number of hydrogen-bond acceptors (Lipinski definition) is 3. The van der Waals surface area contributed by atoms with Gasteiger partial charge in [-0.15, -0.1) is 0 Å². The Labute approximate surface area is 138 Å². The lowest BCUT2D eigenvalue weighted by Crippen LogP contribution is -2.31. The fourth-order valence-corrected chi connectivity index (χ4v) is 3.68. The third kappa shape index (κ3) is 3.46. The molecule has 2 aliphatic rings. The minimum Gasteiger partial charge on any atom is -0.493 e. The number of rotatable bonds is 5. The summed E-state index contributed by atoms with van der Waals surface area (Å²) in [5, 5.41) is 0. The van der Waals surface area contributed by atoms with E-state index in [1.165, 1.54) is 18.4 Å². The maximum absolute atomic E-state index is 12.2. The molecule has 126 valence electrons. The van der Waals surface area contributed by atoms with Crippen LogP contribution in [0.3, 0.4) is 0 Å². The van der Waals surface area contributed by atoms with Gasteiger partial charge in [-0.1, -0.05) is 6.07 Å². The molecule has 0 radical (unpaired) electrons. The van der Waals surface area contributed by atoms with E-state index in [9.17, 15) is 4.79 Å². The highest BCUT2D eigenvalue weighted by Gasteiger charge is 2.32. The van der Waals surface area contributed by atoms with E-state index < -0.39 is 0 Å². The third-order valence-corrected chi connectivity index (χ3v) is 5.04. The Morgan fingerprint density at radius 2 is 1.91 bits per heavy atom. The number of methoxy groups -OCH3 is 1. The Morgan fingerprint density at radius 1 is 1.17 bits per heavy atom. The van der Waals surface area contributed by atoms with Gasteiger partial charge in [-0.25, -0.2) is 0 Å². The molecule has 3 rings (SSSR count). The zero-order chi connectivity index (χ0) is 16.4. The molecule has 23 heavy (non-hydrogen) atoms. The summed E-state index contributed by atoms with van der Waals surface area (Å²) in [7, 11) is 1.68. The van der Waals surface area contributed by atoms with Gasteiger partial charge < -0.3 is 14.4 Å². The zero-order valence-electron chi connectivity index (χ0n) is 14.4. The first-order valence-electron chi connectivity index (χ1n) is 8.72.